The van der Waals surface area contributed by atoms with Crippen LogP contribution in [0, 0.1) is 0 Å². The van der Waals surface area contributed by atoms with Gasteiger partial charge in [0.15, 0.2) is 5.78 Å². The van der Waals surface area contributed by atoms with Crippen molar-refractivity contribution >= 4 is 17.8 Å². The zero-order valence-corrected chi connectivity index (χ0v) is 12.0. The summed E-state index contributed by atoms with van der Waals surface area (Å²) in [4.78, 5) is 36.8. The molecule has 1 aromatic carbocycles. The third-order valence-electron chi connectivity index (χ3n) is 3.81. The molecule has 0 aromatic heterocycles. The van der Waals surface area contributed by atoms with Gasteiger partial charge in [0.05, 0.1) is 6.54 Å². The molecule has 1 amide bonds. The van der Waals surface area contributed by atoms with E-state index >= 15 is 0 Å². The van der Waals surface area contributed by atoms with Crippen molar-refractivity contribution < 1.29 is 24.2 Å². The molecule has 0 aliphatic carbocycles. The molecule has 1 saturated heterocycles. The average molecular weight is 306 g/mol. The van der Waals surface area contributed by atoms with Crippen molar-refractivity contribution in [3.05, 3.63) is 35.9 Å². The normalized spacial score (nSPS) is 20.7. The van der Waals surface area contributed by atoms with Crippen molar-refractivity contribution in [2.75, 3.05) is 13.1 Å². The molecule has 0 radical (unpaired) electrons. The third-order valence-corrected chi connectivity index (χ3v) is 3.81. The summed E-state index contributed by atoms with van der Waals surface area (Å²) in [5.41, 5.74) is 4.19. The standard InChI is InChI=1S/C15H18N2O5/c16-9-12(18)15(13(19)20)7-4-8-17(15)14(21)22-10-11-5-2-1-3-6-11/h1-3,5-6H,4,7-10,16H2,(H,19,20). The number of ketones is 1. The molecule has 118 valence electrons. The first-order valence-electron chi connectivity index (χ1n) is 6.97. The van der Waals surface area contributed by atoms with Crippen LogP contribution in [0.5, 0.6) is 0 Å². The molecule has 7 heteroatoms. The summed E-state index contributed by atoms with van der Waals surface area (Å²) in [5, 5.41) is 9.44. The molecular weight excluding hydrogens is 288 g/mol. The summed E-state index contributed by atoms with van der Waals surface area (Å²) >= 11 is 0. The van der Waals surface area contributed by atoms with Gasteiger partial charge in [-0.05, 0) is 18.4 Å². The number of hydrogen-bond acceptors (Lipinski definition) is 5. The van der Waals surface area contributed by atoms with Crippen molar-refractivity contribution in [3.8, 4) is 0 Å². The minimum atomic E-state index is -1.90. The van der Waals surface area contributed by atoms with E-state index < -0.39 is 29.9 Å². The van der Waals surface area contributed by atoms with Gasteiger partial charge >= 0.3 is 12.1 Å². The van der Waals surface area contributed by atoms with Crippen molar-refractivity contribution in [3.63, 3.8) is 0 Å². The van der Waals surface area contributed by atoms with Crippen LogP contribution >= 0.6 is 0 Å². The molecule has 1 aliphatic heterocycles. The van der Waals surface area contributed by atoms with E-state index in [2.05, 4.69) is 0 Å². The Morgan fingerprint density at radius 3 is 2.55 bits per heavy atom. The molecule has 2 rings (SSSR count). The van der Waals surface area contributed by atoms with Crippen LogP contribution in [-0.4, -0.2) is 46.5 Å². The molecule has 1 atom stereocenters. The number of hydrogen-bond donors (Lipinski definition) is 2. The molecule has 0 saturated carbocycles. The fourth-order valence-electron chi connectivity index (χ4n) is 2.66. The second-order valence-electron chi connectivity index (χ2n) is 5.09. The van der Waals surface area contributed by atoms with E-state index in [4.69, 9.17) is 10.5 Å². The number of rotatable bonds is 5. The van der Waals surface area contributed by atoms with E-state index in [0.717, 1.165) is 10.5 Å². The summed E-state index contributed by atoms with van der Waals surface area (Å²) < 4.78 is 5.14. The number of amides is 1. The largest absolute Gasteiger partial charge is 0.479 e. The number of benzene rings is 1. The van der Waals surface area contributed by atoms with Crippen molar-refractivity contribution in [1.29, 1.82) is 0 Å². The van der Waals surface area contributed by atoms with Gasteiger partial charge in [0.25, 0.3) is 0 Å². The van der Waals surface area contributed by atoms with Crippen LogP contribution in [0.25, 0.3) is 0 Å². The maximum atomic E-state index is 12.2. The second kappa shape index (κ2) is 6.57. The summed E-state index contributed by atoms with van der Waals surface area (Å²) in [6.45, 7) is -0.261. The van der Waals surface area contributed by atoms with E-state index in [1.54, 1.807) is 24.3 Å². The highest BCUT2D eigenvalue weighted by molar-refractivity contribution is 6.11. The molecule has 7 nitrogen and oxygen atoms in total. The third kappa shape index (κ3) is 2.80. The average Bonchev–Trinajstić information content (AvgIpc) is 2.99. The van der Waals surface area contributed by atoms with E-state index in [1.165, 1.54) is 0 Å². The van der Waals surface area contributed by atoms with Crippen LogP contribution < -0.4 is 5.73 Å². The first-order valence-corrected chi connectivity index (χ1v) is 6.97. The number of ether oxygens (including phenoxy) is 1. The number of likely N-dealkylation sites (tertiary alicyclic amines) is 1. The zero-order valence-electron chi connectivity index (χ0n) is 12.0. The van der Waals surface area contributed by atoms with Crippen LogP contribution in [0.4, 0.5) is 4.79 Å². The van der Waals surface area contributed by atoms with E-state index in [9.17, 15) is 19.5 Å². The quantitative estimate of drug-likeness (QED) is 0.778. The highest BCUT2D eigenvalue weighted by atomic mass is 16.6. The van der Waals surface area contributed by atoms with Crippen LogP contribution in [0.2, 0.25) is 0 Å². The Morgan fingerprint density at radius 2 is 1.95 bits per heavy atom. The molecule has 0 spiro atoms. The lowest BCUT2D eigenvalue weighted by Crippen LogP contribution is -2.60. The van der Waals surface area contributed by atoms with Crippen molar-refractivity contribution in [2.24, 2.45) is 5.73 Å². The highest BCUT2D eigenvalue weighted by Gasteiger charge is 2.55. The highest BCUT2D eigenvalue weighted by Crippen LogP contribution is 2.31. The van der Waals surface area contributed by atoms with E-state index in [1.807, 2.05) is 6.07 Å². The van der Waals surface area contributed by atoms with Crippen molar-refractivity contribution in [1.82, 2.24) is 4.90 Å². The van der Waals surface area contributed by atoms with Gasteiger partial charge in [-0.15, -0.1) is 0 Å². The molecule has 1 aromatic rings. The number of nitrogens with zero attached hydrogens (tertiary/aromatic N) is 1. The Balaban J connectivity index is 2.13. The number of Topliss-reactive ketones (excluding diaryl/α,β-unsaturated/α-hetero) is 1. The fraction of sp³-hybridized carbons (Fsp3) is 0.400. The lowest BCUT2D eigenvalue weighted by atomic mass is 9.91. The molecule has 1 unspecified atom stereocenters. The Hall–Kier alpha value is -2.41. The van der Waals surface area contributed by atoms with E-state index in [-0.39, 0.29) is 19.6 Å². The number of aliphatic carboxylic acids is 1. The maximum absolute atomic E-state index is 12.2. The van der Waals surface area contributed by atoms with E-state index in [0.29, 0.717) is 6.42 Å². The minimum absolute atomic E-state index is 0.0166. The molecule has 1 fully saturated rings. The molecular formula is C15H18N2O5. The maximum Gasteiger partial charge on any atom is 0.411 e. The van der Waals surface area contributed by atoms with Crippen LogP contribution in [0.1, 0.15) is 18.4 Å². The molecule has 1 heterocycles. The smallest absolute Gasteiger partial charge is 0.411 e. The summed E-state index contributed by atoms with van der Waals surface area (Å²) in [5.74, 6) is -2.05. The van der Waals surface area contributed by atoms with Gasteiger partial charge in [-0.3, -0.25) is 9.69 Å². The second-order valence-corrected chi connectivity index (χ2v) is 5.09. The van der Waals surface area contributed by atoms with Gasteiger partial charge in [-0.1, -0.05) is 30.3 Å². The number of carboxylic acids is 1. The van der Waals surface area contributed by atoms with Crippen LogP contribution in [0.3, 0.4) is 0 Å². The topological polar surface area (TPSA) is 110 Å². The molecule has 22 heavy (non-hydrogen) atoms. The lowest BCUT2D eigenvalue weighted by Gasteiger charge is -2.32. The molecule has 3 N–H and O–H groups in total. The Morgan fingerprint density at radius 1 is 1.27 bits per heavy atom. The molecule has 0 bridgehead atoms. The van der Waals surface area contributed by atoms with Gasteiger partial charge in [-0.25, -0.2) is 9.59 Å². The number of carbonyl (C=O) groups is 3. The minimum Gasteiger partial charge on any atom is -0.479 e. The lowest BCUT2D eigenvalue weighted by molar-refractivity contribution is -0.154. The summed E-state index contributed by atoms with van der Waals surface area (Å²) in [6, 6.07) is 9.01. The predicted octanol–water partition coefficient (Wildman–Crippen LogP) is 0.770. The van der Waals surface area contributed by atoms with Gasteiger partial charge < -0.3 is 15.6 Å². The Kier molecular flexibility index (Phi) is 4.77. The Labute approximate surface area is 127 Å². The fourth-order valence-corrected chi connectivity index (χ4v) is 2.66. The number of carbonyl (C=O) groups excluding carboxylic acids is 2. The van der Waals surface area contributed by atoms with Gasteiger partial charge in [0.1, 0.15) is 6.61 Å². The zero-order chi connectivity index (χ0) is 16.2. The Bertz CT molecular complexity index is 575. The van der Waals surface area contributed by atoms with Gasteiger partial charge in [0, 0.05) is 6.54 Å². The van der Waals surface area contributed by atoms with Gasteiger partial charge in [-0.2, -0.15) is 0 Å². The SMILES string of the molecule is NCC(=O)C1(C(=O)O)CCCN1C(=O)OCc1ccccc1. The summed E-state index contributed by atoms with van der Waals surface area (Å²) in [6.07, 6.45) is -0.345. The first-order chi connectivity index (χ1) is 10.5. The number of nitrogens with two attached hydrogens (primary N) is 1. The first kappa shape index (κ1) is 16.0. The summed E-state index contributed by atoms with van der Waals surface area (Å²) in [7, 11) is 0. The van der Waals surface area contributed by atoms with Crippen molar-refractivity contribution in [2.45, 2.75) is 25.0 Å². The van der Waals surface area contributed by atoms with Crippen LogP contribution in [0.15, 0.2) is 30.3 Å². The monoisotopic (exact) mass is 306 g/mol. The van der Waals surface area contributed by atoms with Gasteiger partial charge in [0.2, 0.25) is 5.54 Å². The molecule has 1 aliphatic rings. The predicted molar refractivity (Wildman–Crippen MR) is 77.0 cm³/mol. The number of carboxylic acid groups (broad SMARTS) is 1. The van der Waals surface area contributed by atoms with Crippen LogP contribution in [-0.2, 0) is 20.9 Å².